The zero-order valence-electron chi connectivity index (χ0n) is 12.7. The third-order valence-corrected chi connectivity index (χ3v) is 3.63. The van der Waals surface area contributed by atoms with Gasteiger partial charge in [-0.3, -0.25) is 4.79 Å². The first-order valence-electron chi connectivity index (χ1n) is 7.54. The molecule has 23 heavy (non-hydrogen) atoms. The Bertz CT molecular complexity index is 561. The van der Waals surface area contributed by atoms with Gasteiger partial charge in [-0.15, -0.1) is 0 Å². The van der Waals surface area contributed by atoms with E-state index in [4.69, 9.17) is 4.74 Å². The van der Waals surface area contributed by atoms with Gasteiger partial charge in [-0.1, -0.05) is 30.3 Å². The van der Waals surface area contributed by atoms with Gasteiger partial charge in [-0.05, 0) is 18.4 Å². The lowest BCUT2D eigenvalue weighted by Gasteiger charge is -2.29. The molecule has 7 heteroatoms. The molecule has 2 amide bonds. The summed E-state index contributed by atoms with van der Waals surface area (Å²) in [7, 11) is 0. The van der Waals surface area contributed by atoms with Crippen LogP contribution in [-0.2, 0) is 20.9 Å². The summed E-state index contributed by atoms with van der Waals surface area (Å²) >= 11 is 0. The van der Waals surface area contributed by atoms with Crippen molar-refractivity contribution in [2.45, 2.75) is 31.9 Å². The number of likely N-dealkylation sites (tertiary alicyclic amines) is 1. The molecule has 1 heterocycles. The van der Waals surface area contributed by atoms with Crippen molar-refractivity contribution in [3.8, 4) is 0 Å². The molecule has 2 rings (SSSR count). The number of alkyl carbamates (subject to hydrolysis) is 1. The number of carbonyl (C=O) groups is 3. The Labute approximate surface area is 134 Å². The van der Waals surface area contributed by atoms with E-state index in [-0.39, 0.29) is 19.1 Å². The Morgan fingerprint density at radius 3 is 2.65 bits per heavy atom. The molecule has 0 radical (unpaired) electrons. The monoisotopic (exact) mass is 320 g/mol. The van der Waals surface area contributed by atoms with Crippen LogP contribution in [0.2, 0.25) is 0 Å². The normalized spacial score (nSPS) is 15.8. The van der Waals surface area contributed by atoms with Crippen LogP contribution >= 0.6 is 0 Å². The minimum Gasteiger partial charge on any atom is -0.480 e. The average Bonchev–Trinajstić information content (AvgIpc) is 2.55. The standard InChI is InChI=1S/C16H20N2O5/c19-14-8-4-5-9-18(14)10-13(15(20)21)17-16(22)23-11-12-6-2-1-3-7-12/h1-3,6-7,13H,4-5,8-11H2,(H,17,22)(H,20,21)/t13-/m0/s1. The summed E-state index contributed by atoms with van der Waals surface area (Å²) < 4.78 is 5.01. The van der Waals surface area contributed by atoms with Crippen LogP contribution in [0.5, 0.6) is 0 Å². The van der Waals surface area contributed by atoms with E-state index in [1.54, 1.807) is 12.1 Å². The van der Waals surface area contributed by atoms with E-state index in [1.165, 1.54) is 4.90 Å². The largest absolute Gasteiger partial charge is 0.480 e. The molecular weight excluding hydrogens is 300 g/mol. The number of carbonyl (C=O) groups excluding carboxylic acids is 2. The van der Waals surface area contributed by atoms with Crippen molar-refractivity contribution in [3.63, 3.8) is 0 Å². The predicted molar refractivity (Wildman–Crippen MR) is 81.6 cm³/mol. The Morgan fingerprint density at radius 2 is 2.00 bits per heavy atom. The van der Waals surface area contributed by atoms with Crippen LogP contribution in [0.25, 0.3) is 0 Å². The number of aliphatic carboxylic acids is 1. The number of hydrogen-bond acceptors (Lipinski definition) is 4. The van der Waals surface area contributed by atoms with Crippen LogP contribution in [0.3, 0.4) is 0 Å². The van der Waals surface area contributed by atoms with Crippen molar-refractivity contribution in [2.24, 2.45) is 0 Å². The molecule has 2 N–H and O–H groups in total. The molecule has 7 nitrogen and oxygen atoms in total. The SMILES string of the molecule is O=C(N[C@@H](CN1CCCCC1=O)C(=O)O)OCc1ccccc1. The van der Waals surface area contributed by atoms with Gasteiger partial charge in [-0.2, -0.15) is 0 Å². The van der Waals surface area contributed by atoms with Gasteiger partial charge < -0.3 is 20.1 Å². The molecule has 124 valence electrons. The zero-order chi connectivity index (χ0) is 16.7. The van der Waals surface area contributed by atoms with E-state index in [9.17, 15) is 19.5 Å². The number of carboxylic acid groups (broad SMARTS) is 1. The topological polar surface area (TPSA) is 95.9 Å². The summed E-state index contributed by atoms with van der Waals surface area (Å²) in [5.41, 5.74) is 0.806. The van der Waals surface area contributed by atoms with Crippen molar-refractivity contribution >= 4 is 18.0 Å². The third kappa shape index (κ3) is 5.28. The van der Waals surface area contributed by atoms with E-state index in [1.807, 2.05) is 18.2 Å². The van der Waals surface area contributed by atoms with Crippen molar-refractivity contribution < 1.29 is 24.2 Å². The summed E-state index contributed by atoms with van der Waals surface area (Å²) in [6, 6.07) is 7.90. The smallest absolute Gasteiger partial charge is 0.408 e. The van der Waals surface area contributed by atoms with Crippen LogP contribution in [0.15, 0.2) is 30.3 Å². The molecule has 1 aliphatic heterocycles. The minimum absolute atomic E-state index is 0.0470. The van der Waals surface area contributed by atoms with Crippen LogP contribution in [-0.4, -0.2) is 47.1 Å². The van der Waals surface area contributed by atoms with E-state index >= 15 is 0 Å². The maximum absolute atomic E-state index is 11.8. The van der Waals surface area contributed by atoms with Gasteiger partial charge in [-0.25, -0.2) is 9.59 Å². The van der Waals surface area contributed by atoms with Gasteiger partial charge in [0, 0.05) is 13.0 Å². The highest BCUT2D eigenvalue weighted by molar-refractivity contribution is 5.82. The Kier molecular flexibility index (Phi) is 5.96. The fourth-order valence-corrected chi connectivity index (χ4v) is 2.37. The summed E-state index contributed by atoms with van der Waals surface area (Å²) in [5, 5.41) is 11.5. The lowest BCUT2D eigenvalue weighted by Crippen LogP contribution is -2.51. The highest BCUT2D eigenvalue weighted by Crippen LogP contribution is 2.11. The number of nitrogens with zero attached hydrogens (tertiary/aromatic N) is 1. The second-order valence-electron chi connectivity index (χ2n) is 5.39. The highest BCUT2D eigenvalue weighted by atomic mass is 16.5. The molecule has 0 unspecified atom stereocenters. The maximum Gasteiger partial charge on any atom is 0.408 e. The number of rotatable bonds is 6. The lowest BCUT2D eigenvalue weighted by molar-refractivity contribution is -0.141. The second-order valence-corrected chi connectivity index (χ2v) is 5.39. The molecular formula is C16H20N2O5. The number of piperidine rings is 1. The molecule has 1 aromatic rings. The van der Waals surface area contributed by atoms with Gasteiger partial charge in [0.05, 0.1) is 6.54 Å². The van der Waals surface area contributed by atoms with Crippen molar-refractivity contribution in [1.29, 1.82) is 0 Å². The van der Waals surface area contributed by atoms with Gasteiger partial charge in [0.15, 0.2) is 0 Å². The lowest BCUT2D eigenvalue weighted by atomic mass is 10.1. The number of nitrogens with one attached hydrogen (secondary N) is 1. The van der Waals surface area contributed by atoms with E-state index in [0.717, 1.165) is 18.4 Å². The predicted octanol–water partition coefficient (Wildman–Crippen LogP) is 1.38. The molecule has 1 aromatic carbocycles. The van der Waals surface area contributed by atoms with E-state index in [0.29, 0.717) is 13.0 Å². The van der Waals surface area contributed by atoms with Crippen LogP contribution in [0, 0.1) is 0 Å². The highest BCUT2D eigenvalue weighted by Gasteiger charge is 2.27. The molecule has 0 spiro atoms. The van der Waals surface area contributed by atoms with Crippen LogP contribution in [0.4, 0.5) is 4.79 Å². The Hall–Kier alpha value is -2.57. The van der Waals surface area contributed by atoms with Gasteiger partial charge in [0.25, 0.3) is 0 Å². The quantitative estimate of drug-likeness (QED) is 0.825. The van der Waals surface area contributed by atoms with Gasteiger partial charge in [0.2, 0.25) is 5.91 Å². The van der Waals surface area contributed by atoms with Crippen molar-refractivity contribution in [1.82, 2.24) is 10.2 Å². The summed E-state index contributed by atoms with van der Waals surface area (Å²) in [6.45, 7) is 0.527. The number of ether oxygens (including phenoxy) is 1. The zero-order valence-corrected chi connectivity index (χ0v) is 12.7. The maximum atomic E-state index is 11.8. The molecule has 0 saturated carbocycles. The van der Waals surface area contributed by atoms with Crippen molar-refractivity contribution in [3.05, 3.63) is 35.9 Å². The minimum atomic E-state index is -1.19. The fraction of sp³-hybridized carbons (Fsp3) is 0.438. The third-order valence-electron chi connectivity index (χ3n) is 3.63. The first-order valence-corrected chi connectivity index (χ1v) is 7.54. The summed E-state index contributed by atoms with van der Waals surface area (Å²) in [4.78, 5) is 36.2. The number of amides is 2. The first-order chi connectivity index (χ1) is 11.1. The van der Waals surface area contributed by atoms with Gasteiger partial charge >= 0.3 is 12.1 Å². The summed E-state index contributed by atoms with van der Waals surface area (Å²) in [5.74, 6) is -1.28. The van der Waals surface area contributed by atoms with E-state index in [2.05, 4.69) is 5.32 Å². The molecule has 0 aromatic heterocycles. The Balaban J connectivity index is 1.84. The molecule has 1 fully saturated rings. The first kappa shape index (κ1) is 16.8. The van der Waals surface area contributed by atoms with Crippen molar-refractivity contribution in [2.75, 3.05) is 13.1 Å². The second kappa shape index (κ2) is 8.17. The molecule has 1 atom stereocenters. The molecule has 1 saturated heterocycles. The summed E-state index contributed by atoms with van der Waals surface area (Å²) in [6.07, 6.45) is 1.27. The van der Waals surface area contributed by atoms with E-state index < -0.39 is 18.1 Å². The molecule has 1 aliphatic rings. The van der Waals surface area contributed by atoms with Gasteiger partial charge in [0.1, 0.15) is 12.6 Å². The fourth-order valence-electron chi connectivity index (χ4n) is 2.37. The number of hydrogen-bond donors (Lipinski definition) is 2. The molecule has 0 aliphatic carbocycles. The number of benzene rings is 1. The Morgan fingerprint density at radius 1 is 1.26 bits per heavy atom. The molecule has 0 bridgehead atoms. The average molecular weight is 320 g/mol. The number of carboxylic acids is 1. The van der Waals surface area contributed by atoms with Crippen LogP contribution in [0.1, 0.15) is 24.8 Å². The van der Waals surface area contributed by atoms with Crippen LogP contribution < -0.4 is 5.32 Å².